The Morgan fingerprint density at radius 1 is 0.886 bits per heavy atom. The molecule has 2 fully saturated rings. The van der Waals surface area contributed by atoms with Crippen LogP contribution in [0.3, 0.4) is 0 Å². The van der Waals surface area contributed by atoms with Crippen molar-refractivity contribution in [3.63, 3.8) is 0 Å². The molecule has 2 saturated heterocycles. The Morgan fingerprint density at radius 2 is 1.59 bits per heavy atom. The number of hydrogen-bond donors (Lipinski definition) is 1. The molecule has 236 valence electrons. The number of benzene rings is 2. The summed E-state index contributed by atoms with van der Waals surface area (Å²) in [5.41, 5.74) is -1.57. The number of carbonyl (C=O) groups excluding carboxylic acids is 2. The summed E-state index contributed by atoms with van der Waals surface area (Å²) < 4.78 is 91.4. The lowest BCUT2D eigenvalue weighted by Gasteiger charge is -2.36. The molecule has 2 aromatic carbocycles. The Bertz CT molecular complexity index is 1490. The summed E-state index contributed by atoms with van der Waals surface area (Å²) in [5, 5.41) is 5.03. The third-order valence-electron chi connectivity index (χ3n) is 7.79. The van der Waals surface area contributed by atoms with Gasteiger partial charge in [0.25, 0.3) is 11.8 Å². The van der Waals surface area contributed by atoms with Crippen molar-refractivity contribution in [2.75, 3.05) is 55.6 Å². The van der Waals surface area contributed by atoms with Crippen molar-refractivity contribution in [2.45, 2.75) is 25.2 Å². The SMILES string of the molecule is O=C(NCC1CCN(c2nc(C(=O)N3CCN(c4cccc(C(F)(F)F)c4)CC3)cs2)CC1)c1ccc(C(F)(F)F)c(F)c1. The molecule has 7 nitrogen and oxygen atoms in total. The van der Waals surface area contributed by atoms with Crippen LogP contribution < -0.4 is 15.1 Å². The van der Waals surface area contributed by atoms with Gasteiger partial charge >= 0.3 is 12.4 Å². The second kappa shape index (κ2) is 12.6. The largest absolute Gasteiger partial charge is 0.419 e. The number of thiazole rings is 1. The van der Waals surface area contributed by atoms with Crippen LogP contribution in [0.5, 0.6) is 0 Å². The molecular weight excluding hydrogens is 615 g/mol. The Balaban J connectivity index is 1.08. The van der Waals surface area contributed by atoms with Gasteiger partial charge in [-0.25, -0.2) is 9.37 Å². The van der Waals surface area contributed by atoms with Crippen LogP contribution in [0.1, 0.15) is 44.8 Å². The average molecular weight is 644 g/mol. The minimum absolute atomic E-state index is 0.101. The van der Waals surface area contributed by atoms with Crippen molar-refractivity contribution in [2.24, 2.45) is 5.92 Å². The number of aromatic nitrogens is 1. The molecule has 1 N–H and O–H groups in total. The molecule has 2 aliphatic heterocycles. The third-order valence-corrected chi connectivity index (χ3v) is 8.69. The topological polar surface area (TPSA) is 68.8 Å². The summed E-state index contributed by atoms with van der Waals surface area (Å²) in [6.07, 6.45) is -7.88. The predicted octanol–water partition coefficient (Wildman–Crippen LogP) is 5.93. The van der Waals surface area contributed by atoms with E-state index in [0.717, 1.165) is 18.2 Å². The van der Waals surface area contributed by atoms with Gasteiger partial charge in [-0.05, 0) is 55.2 Å². The number of rotatable bonds is 6. The standard InChI is InChI=1S/C29H28F7N5O2S/c30-23-14-19(4-5-22(23)29(34,35)36)25(42)37-16-18-6-8-41(9-7-18)27-38-24(17-44-27)26(43)40-12-10-39(11-13-40)21-3-1-2-20(15-21)28(31,32)33/h1-5,14-15,17-18H,6-13,16H2,(H,37,42). The molecule has 5 rings (SSSR count). The number of nitrogens with one attached hydrogen (secondary N) is 1. The van der Waals surface area contributed by atoms with Crippen LogP contribution in [-0.2, 0) is 12.4 Å². The van der Waals surface area contributed by atoms with E-state index >= 15 is 0 Å². The lowest BCUT2D eigenvalue weighted by molar-refractivity contribution is -0.140. The average Bonchev–Trinajstić information content (AvgIpc) is 3.49. The van der Waals surface area contributed by atoms with Gasteiger partial charge < -0.3 is 20.0 Å². The predicted molar refractivity (Wildman–Crippen MR) is 150 cm³/mol. The van der Waals surface area contributed by atoms with Gasteiger partial charge in [0.2, 0.25) is 0 Å². The number of nitrogens with zero attached hydrogens (tertiary/aromatic N) is 4. The van der Waals surface area contributed by atoms with E-state index in [1.54, 1.807) is 16.3 Å². The van der Waals surface area contributed by atoms with Gasteiger partial charge in [0, 0.05) is 62.4 Å². The van der Waals surface area contributed by atoms with E-state index in [9.17, 15) is 40.3 Å². The van der Waals surface area contributed by atoms with Crippen molar-refractivity contribution in [1.82, 2.24) is 15.2 Å². The van der Waals surface area contributed by atoms with Crippen molar-refractivity contribution >= 4 is 34.0 Å². The summed E-state index contributed by atoms with van der Waals surface area (Å²) in [4.78, 5) is 35.5. The zero-order valence-corrected chi connectivity index (χ0v) is 24.0. The molecule has 3 aromatic rings. The molecule has 2 amide bonds. The molecular formula is C29H28F7N5O2S. The van der Waals surface area contributed by atoms with Gasteiger partial charge in [-0.15, -0.1) is 11.3 Å². The first-order chi connectivity index (χ1) is 20.8. The molecule has 3 heterocycles. The number of carbonyl (C=O) groups is 2. The molecule has 15 heteroatoms. The Morgan fingerprint density at radius 3 is 2.23 bits per heavy atom. The normalized spacial score (nSPS) is 16.8. The lowest BCUT2D eigenvalue weighted by Crippen LogP contribution is -2.49. The number of alkyl halides is 6. The second-order valence-corrected chi connectivity index (χ2v) is 11.5. The Labute approximate surface area is 252 Å². The molecule has 2 aliphatic rings. The number of hydrogen-bond acceptors (Lipinski definition) is 6. The van der Waals surface area contributed by atoms with Gasteiger partial charge in [0.1, 0.15) is 11.5 Å². The minimum atomic E-state index is -4.84. The van der Waals surface area contributed by atoms with Crippen LogP contribution in [0.2, 0.25) is 0 Å². The molecule has 0 bridgehead atoms. The van der Waals surface area contributed by atoms with E-state index in [1.807, 2.05) is 9.80 Å². The first-order valence-electron chi connectivity index (χ1n) is 13.9. The van der Waals surface area contributed by atoms with E-state index in [2.05, 4.69) is 10.3 Å². The maximum atomic E-state index is 13.8. The van der Waals surface area contributed by atoms with Gasteiger partial charge in [0.05, 0.1) is 11.1 Å². The number of anilines is 2. The Hall–Kier alpha value is -3.88. The smallest absolute Gasteiger partial charge is 0.368 e. The number of piperidine rings is 1. The first-order valence-corrected chi connectivity index (χ1v) is 14.7. The maximum Gasteiger partial charge on any atom is 0.419 e. The number of amides is 2. The summed E-state index contributed by atoms with van der Waals surface area (Å²) >= 11 is 1.34. The fourth-order valence-electron chi connectivity index (χ4n) is 5.27. The number of piperazine rings is 1. The number of halogens is 7. The van der Waals surface area contributed by atoms with Crippen molar-refractivity contribution < 1.29 is 40.3 Å². The summed E-state index contributed by atoms with van der Waals surface area (Å²) in [5.74, 6) is -2.30. The van der Waals surface area contributed by atoms with Gasteiger partial charge in [-0.1, -0.05) is 6.07 Å². The van der Waals surface area contributed by atoms with Crippen LogP contribution in [-0.4, -0.2) is 67.5 Å². The van der Waals surface area contributed by atoms with Crippen LogP contribution in [0.4, 0.5) is 41.6 Å². The molecule has 0 radical (unpaired) electrons. The summed E-state index contributed by atoms with van der Waals surface area (Å²) in [6.45, 7) is 2.99. The first kappa shape index (κ1) is 31.5. The van der Waals surface area contributed by atoms with Crippen LogP contribution in [0, 0.1) is 11.7 Å². The second-order valence-electron chi connectivity index (χ2n) is 10.7. The molecule has 1 aromatic heterocycles. The highest BCUT2D eigenvalue weighted by atomic mass is 32.1. The van der Waals surface area contributed by atoms with Crippen LogP contribution in [0.15, 0.2) is 47.8 Å². The van der Waals surface area contributed by atoms with E-state index in [0.29, 0.717) is 80.8 Å². The molecule has 0 unspecified atom stereocenters. The molecule has 0 aliphatic carbocycles. The fourth-order valence-corrected chi connectivity index (χ4v) is 6.12. The highest BCUT2D eigenvalue weighted by Crippen LogP contribution is 2.33. The van der Waals surface area contributed by atoms with Gasteiger partial charge in [-0.2, -0.15) is 26.3 Å². The monoisotopic (exact) mass is 643 g/mol. The summed E-state index contributed by atoms with van der Waals surface area (Å²) in [7, 11) is 0. The summed E-state index contributed by atoms with van der Waals surface area (Å²) in [6, 6.07) is 7.21. The zero-order valence-electron chi connectivity index (χ0n) is 23.2. The maximum absolute atomic E-state index is 13.8. The highest BCUT2D eigenvalue weighted by Gasteiger charge is 2.35. The minimum Gasteiger partial charge on any atom is -0.368 e. The van der Waals surface area contributed by atoms with Gasteiger partial charge in [-0.3, -0.25) is 9.59 Å². The van der Waals surface area contributed by atoms with E-state index in [-0.39, 0.29) is 23.9 Å². The Kier molecular flexibility index (Phi) is 9.05. The van der Waals surface area contributed by atoms with Crippen molar-refractivity contribution in [1.29, 1.82) is 0 Å². The van der Waals surface area contributed by atoms with Crippen LogP contribution in [0.25, 0.3) is 0 Å². The molecule has 0 spiro atoms. The lowest BCUT2D eigenvalue weighted by atomic mass is 9.97. The van der Waals surface area contributed by atoms with Crippen molar-refractivity contribution in [3.05, 3.63) is 76.0 Å². The molecule has 0 saturated carbocycles. The zero-order chi connectivity index (χ0) is 31.6. The molecule has 0 atom stereocenters. The van der Waals surface area contributed by atoms with E-state index in [1.165, 1.54) is 17.4 Å². The van der Waals surface area contributed by atoms with Gasteiger partial charge in [0.15, 0.2) is 5.13 Å². The van der Waals surface area contributed by atoms with E-state index < -0.39 is 35.2 Å². The van der Waals surface area contributed by atoms with Crippen molar-refractivity contribution in [3.8, 4) is 0 Å². The fraction of sp³-hybridized carbons (Fsp3) is 0.414. The highest BCUT2D eigenvalue weighted by molar-refractivity contribution is 7.13. The van der Waals surface area contributed by atoms with Crippen LogP contribution >= 0.6 is 11.3 Å². The third kappa shape index (κ3) is 7.25. The quantitative estimate of drug-likeness (QED) is 0.338. The molecule has 44 heavy (non-hydrogen) atoms. The van der Waals surface area contributed by atoms with E-state index in [4.69, 9.17) is 0 Å².